The van der Waals surface area contributed by atoms with E-state index in [-0.39, 0.29) is 41.3 Å². The van der Waals surface area contributed by atoms with E-state index in [1.54, 1.807) is 48.0 Å². The number of pyridine rings is 2. The molecular formula is C28H28N4O6. The highest BCUT2D eigenvalue weighted by Gasteiger charge is 2.24. The van der Waals surface area contributed by atoms with Crippen LogP contribution in [0.3, 0.4) is 0 Å². The summed E-state index contributed by atoms with van der Waals surface area (Å²) < 4.78 is 19.5. The first-order valence-corrected chi connectivity index (χ1v) is 12.5. The maximum Gasteiger partial charge on any atom is 0.341 e. The molecule has 1 fully saturated rings. The first-order chi connectivity index (χ1) is 18.4. The Bertz CT molecular complexity index is 1660. The zero-order valence-electron chi connectivity index (χ0n) is 21.5. The molecule has 0 N–H and O–H groups in total. The molecule has 1 amide bonds. The van der Waals surface area contributed by atoms with E-state index in [1.165, 1.54) is 17.6 Å². The van der Waals surface area contributed by atoms with Gasteiger partial charge in [0.05, 0.1) is 31.8 Å². The second-order valence-electron chi connectivity index (χ2n) is 9.03. The SMILES string of the molecule is CCOC(=O)c1cc2c(=O)n3cccc(C)c3nc2n(C[C@@H]2CCCO2)c1=NC(=O)c1ccc(OC)cc1. The number of aromatic nitrogens is 3. The third kappa shape index (κ3) is 4.70. The van der Waals surface area contributed by atoms with Crippen molar-refractivity contribution >= 4 is 28.6 Å². The summed E-state index contributed by atoms with van der Waals surface area (Å²) in [6, 6.07) is 11.6. The fourth-order valence-corrected chi connectivity index (χ4v) is 4.63. The van der Waals surface area contributed by atoms with E-state index in [0.717, 1.165) is 18.4 Å². The number of rotatable bonds is 6. The highest BCUT2D eigenvalue weighted by atomic mass is 16.5. The topological polar surface area (TPSA) is 113 Å². The van der Waals surface area contributed by atoms with Crippen LogP contribution in [0, 0.1) is 6.92 Å². The predicted octanol–water partition coefficient (Wildman–Crippen LogP) is 3.06. The minimum atomic E-state index is -0.689. The molecular weight excluding hydrogens is 488 g/mol. The molecule has 5 rings (SSSR count). The van der Waals surface area contributed by atoms with Gasteiger partial charge in [-0.25, -0.2) is 9.78 Å². The monoisotopic (exact) mass is 516 g/mol. The van der Waals surface area contributed by atoms with Gasteiger partial charge in [-0.05, 0) is 68.7 Å². The standard InChI is InChI=1S/C28H28N4O6/c1-4-37-28(35)22-15-21-24(29-23-17(2)7-5-13-31(23)27(21)34)32(16-20-8-6-14-38-20)25(22)30-26(33)18-9-11-19(36-3)12-10-18/h5,7,9-13,15,20H,4,6,8,14,16H2,1-3H3/t20-/m0/s1. The van der Waals surface area contributed by atoms with Crippen molar-refractivity contribution in [2.24, 2.45) is 4.99 Å². The summed E-state index contributed by atoms with van der Waals surface area (Å²) in [7, 11) is 1.54. The number of ether oxygens (including phenoxy) is 3. The molecule has 0 spiro atoms. The number of esters is 1. The second-order valence-corrected chi connectivity index (χ2v) is 9.03. The molecule has 1 saturated heterocycles. The number of hydrogen-bond donors (Lipinski definition) is 0. The van der Waals surface area contributed by atoms with E-state index in [9.17, 15) is 14.4 Å². The largest absolute Gasteiger partial charge is 0.497 e. The predicted molar refractivity (Wildman–Crippen MR) is 140 cm³/mol. The van der Waals surface area contributed by atoms with Gasteiger partial charge >= 0.3 is 5.97 Å². The van der Waals surface area contributed by atoms with Gasteiger partial charge in [-0.1, -0.05) is 6.07 Å². The fraction of sp³-hybridized carbons (Fsp3) is 0.321. The average molecular weight is 517 g/mol. The quantitative estimate of drug-likeness (QED) is 0.286. The molecule has 0 unspecified atom stereocenters. The number of hydrogen-bond acceptors (Lipinski definition) is 7. The Kier molecular flexibility index (Phi) is 7.06. The van der Waals surface area contributed by atoms with Gasteiger partial charge in [0, 0.05) is 18.4 Å². The minimum absolute atomic E-state index is 0.00529. The second kappa shape index (κ2) is 10.6. The third-order valence-corrected chi connectivity index (χ3v) is 6.56. The van der Waals surface area contributed by atoms with Crippen molar-refractivity contribution in [1.29, 1.82) is 0 Å². The first-order valence-electron chi connectivity index (χ1n) is 12.5. The van der Waals surface area contributed by atoms with Crippen molar-refractivity contribution in [3.63, 3.8) is 0 Å². The van der Waals surface area contributed by atoms with Gasteiger partial charge < -0.3 is 18.8 Å². The number of methoxy groups -OCH3 is 1. The molecule has 3 aromatic heterocycles. The van der Waals surface area contributed by atoms with Crippen molar-refractivity contribution < 1.29 is 23.8 Å². The van der Waals surface area contributed by atoms with Gasteiger partial charge in [-0.15, -0.1) is 0 Å². The number of aryl methyl sites for hydroxylation is 1. The maximum atomic E-state index is 13.6. The number of nitrogens with zero attached hydrogens (tertiary/aromatic N) is 4. The van der Waals surface area contributed by atoms with E-state index in [4.69, 9.17) is 19.2 Å². The molecule has 10 nitrogen and oxygen atoms in total. The summed E-state index contributed by atoms with van der Waals surface area (Å²) in [4.78, 5) is 49.3. The van der Waals surface area contributed by atoms with Crippen molar-refractivity contribution in [3.8, 4) is 5.75 Å². The van der Waals surface area contributed by atoms with E-state index in [0.29, 0.717) is 29.2 Å². The molecule has 196 valence electrons. The van der Waals surface area contributed by atoms with Crippen LogP contribution in [0.5, 0.6) is 5.75 Å². The molecule has 1 atom stereocenters. The van der Waals surface area contributed by atoms with Crippen LogP contribution in [0.4, 0.5) is 0 Å². The Hall–Kier alpha value is -4.31. The lowest BCUT2D eigenvalue weighted by atomic mass is 10.1. The lowest BCUT2D eigenvalue weighted by Gasteiger charge is -2.18. The summed E-state index contributed by atoms with van der Waals surface area (Å²) in [5.41, 5.74) is 1.64. The molecule has 4 aromatic rings. The Morgan fingerprint density at radius 1 is 1.18 bits per heavy atom. The van der Waals surface area contributed by atoms with Gasteiger partial charge in [-0.2, -0.15) is 4.99 Å². The molecule has 1 aliphatic rings. The van der Waals surface area contributed by atoms with Crippen molar-refractivity contribution in [2.45, 2.75) is 39.3 Å². The third-order valence-electron chi connectivity index (χ3n) is 6.56. The van der Waals surface area contributed by atoms with Gasteiger partial charge in [0.2, 0.25) is 0 Å². The van der Waals surface area contributed by atoms with Gasteiger partial charge in [-0.3, -0.25) is 14.0 Å². The van der Waals surface area contributed by atoms with E-state index in [2.05, 4.69) is 4.99 Å². The van der Waals surface area contributed by atoms with Crippen molar-refractivity contribution in [1.82, 2.24) is 14.0 Å². The molecule has 10 heteroatoms. The molecule has 0 radical (unpaired) electrons. The Morgan fingerprint density at radius 3 is 2.66 bits per heavy atom. The number of benzene rings is 1. The number of fused-ring (bicyclic) bond motifs is 2. The highest BCUT2D eigenvalue weighted by molar-refractivity contribution is 5.97. The van der Waals surface area contributed by atoms with E-state index in [1.807, 2.05) is 13.0 Å². The van der Waals surface area contributed by atoms with Gasteiger partial charge in [0.1, 0.15) is 22.6 Å². The Balaban J connectivity index is 1.84. The van der Waals surface area contributed by atoms with Crippen LogP contribution in [0.2, 0.25) is 0 Å². The highest BCUT2D eigenvalue weighted by Crippen LogP contribution is 2.18. The van der Waals surface area contributed by atoms with Crippen LogP contribution in [0.25, 0.3) is 16.7 Å². The summed E-state index contributed by atoms with van der Waals surface area (Å²) >= 11 is 0. The smallest absolute Gasteiger partial charge is 0.341 e. The summed E-state index contributed by atoms with van der Waals surface area (Å²) in [5.74, 6) is -0.655. The summed E-state index contributed by atoms with van der Waals surface area (Å²) in [6.07, 6.45) is 3.12. The average Bonchev–Trinajstić information content (AvgIpc) is 3.44. The molecule has 1 aromatic carbocycles. The maximum absolute atomic E-state index is 13.6. The van der Waals surface area contributed by atoms with Gasteiger partial charge in [0.25, 0.3) is 11.5 Å². The summed E-state index contributed by atoms with van der Waals surface area (Å²) in [5, 5.41) is 0.213. The fourth-order valence-electron chi connectivity index (χ4n) is 4.63. The van der Waals surface area contributed by atoms with Crippen molar-refractivity contribution in [2.75, 3.05) is 20.3 Å². The number of amides is 1. The van der Waals surface area contributed by atoms with Crippen LogP contribution in [0.1, 0.15) is 46.0 Å². The Labute approximate surface area is 218 Å². The lowest BCUT2D eigenvalue weighted by molar-refractivity contribution is 0.0521. The van der Waals surface area contributed by atoms with E-state index < -0.39 is 11.9 Å². The number of carbonyl (C=O) groups is 2. The van der Waals surface area contributed by atoms with Crippen LogP contribution in [-0.4, -0.2) is 52.3 Å². The Morgan fingerprint density at radius 2 is 1.97 bits per heavy atom. The molecule has 0 saturated carbocycles. The minimum Gasteiger partial charge on any atom is -0.497 e. The molecule has 1 aliphatic heterocycles. The molecule has 0 bridgehead atoms. The number of carbonyl (C=O) groups excluding carboxylic acids is 2. The zero-order valence-corrected chi connectivity index (χ0v) is 21.5. The first kappa shape index (κ1) is 25.3. The van der Waals surface area contributed by atoms with Crippen LogP contribution in [-0.2, 0) is 16.0 Å². The zero-order chi connectivity index (χ0) is 26.8. The normalized spacial score (nSPS) is 15.8. The molecule has 0 aliphatic carbocycles. The van der Waals surface area contributed by atoms with Crippen LogP contribution < -0.4 is 15.8 Å². The van der Waals surface area contributed by atoms with Crippen LogP contribution >= 0.6 is 0 Å². The summed E-state index contributed by atoms with van der Waals surface area (Å²) in [6.45, 7) is 4.53. The van der Waals surface area contributed by atoms with E-state index >= 15 is 0 Å². The molecule has 38 heavy (non-hydrogen) atoms. The van der Waals surface area contributed by atoms with Crippen molar-refractivity contribution in [3.05, 3.63) is 81.2 Å². The molecule has 4 heterocycles. The van der Waals surface area contributed by atoms with Crippen LogP contribution in [0.15, 0.2) is 58.4 Å². The lowest BCUT2D eigenvalue weighted by Crippen LogP contribution is -2.35. The van der Waals surface area contributed by atoms with Gasteiger partial charge in [0.15, 0.2) is 5.49 Å².